The summed E-state index contributed by atoms with van der Waals surface area (Å²) in [5.41, 5.74) is 2.81. The standard InChI is InChI=1S/2C8H13NO3S.C8H13NO2S.C8H13NO2.C8H13NO.2C7H13NO3S.3C7H13NO2S.C7H13NOS/c2*1-8(2,3)6-4-13(11,12)5-7(10)9-6;1-8(2,3)6-4-12(11)5-7(10)9-6;1-8(2,3)7-5(10)4-6(11)9-7;1-8(2,3)6-4-5-7(10)9-6;1-7(2,3)6-8-5(9)4-12(6,10)11;1-7(2,3)6-5(9)4-12(10,11)8-6;1-7(2,3)6-8-5(9)4-11(6)10;1-7(2,3)6-5(9)4-11(10)8-6;1-7(2,3)6-4-5-11(9,10)8-6;1-7(2,3)6-4-5-10(9)8-6/h2*4H,5H2,1-3H3,(H,9,10);4H,5H2,1-3H3,(H,9,10);7H,4H2,1-3H3,(H,9,11);4H,5H2,1-3H3,(H,9,10);6H,4H2,1-3H3,(H,8,9);6,8H,4H2,1-3H3;6H,4H2,1-3H3,(H,8,9);6,8H,4H2,1-3H3;4,8H,5H2,1-3H3;4,8H,5H2,1-3H3. The van der Waals surface area contributed by atoms with Crippen LogP contribution in [0.1, 0.15) is 241 Å². The lowest BCUT2D eigenvalue weighted by atomic mass is 9.85. The van der Waals surface area contributed by atoms with E-state index >= 15 is 0 Å². The molecule has 11 N–H and O–H groups in total. The Morgan fingerprint density at radius 3 is 0.976 bits per heavy atom. The summed E-state index contributed by atoms with van der Waals surface area (Å²) < 4.78 is 166. The Morgan fingerprint density at radius 2 is 0.770 bits per heavy atom. The number of hydrogen-bond acceptors (Lipinski definition) is 24. The van der Waals surface area contributed by atoms with Crippen molar-refractivity contribution in [3.8, 4) is 0 Å². The summed E-state index contributed by atoms with van der Waals surface area (Å²) >= 11 is 0. The number of carbonyl (C=O) groups is 10. The Balaban J connectivity index is 0.000000694. The number of hydrogen-bond donors (Lipinski definition) is 11. The molecule has 0 spiro atoms. The summed E-state index contributed by atoms with van der Waals surface area (Å²) in [6.07, 6.45) is 6.31. The first-order valence-corrected chi connectivity index (χ1v) is 54.3. The maximum absolute atomic E-state index is 11.3. The van der Waals surface area contributed by atoms with Gasteiger partial charge in [-0.1, -0.05) is 235 Å². The predicted molar refractivity (Wildman–Crippen MR) is 496 cm³/mol. The molecule has 5 saturated heterocycles. The molecule has 9 atom stereocenters. The van der Waals surface area contributed by atoms with E-state index in [0.29, 0.717) is 23.6 Å². The Hall–Kier alpha value is -6.39. The van der Waals surface area contributed by atoms with Crippen molar-refractivity contribution in [1.29, 1.82) is 0 Å². The smallest absolute Gasteiger partial charge is 0.239 e. The van der Waals surface area contributed by atoms with Crippen LogP contribution in [0.2, 0.25) is 0 Å². The minimum absolute atomic E-state index is 0.0162. The van der Waals surface area contributed by atoms with Crippen LogP contribution >= 0.6 is 0 Å². The van der Waals surface area contributed by atoms with Crippen molar-refractivity contribution in [3.63, 3.8) is 0 Å². The van der Waals surface area contributed by atoms with Gasteiger partial charge in [0.05, 0.1) is 85.2 Å². The lowest BCUT2D eigenvalue weighted by molar-refractivity contribution is -0.123. The summed E-state index contributed by atoms with van der Waals surface area (Å²) in [5.74, 6) is -2.11. The highest BCUT2D eigenvalue weighted by Crippen LogP contribution is 2.34. The maximum Gasteiger partial charge on any atom is 0.239 e. The number of sulfonamides is 2. The average molecular weight is 1960 g/mol. The summed E-state index contributed by atoms with van der Waals surface area (Å²) in [4.78, 5) is 110. The SMILES string of the molecule is CC(C)(C)C1=CCC(=O)N1.CC(C)(C)C1=CCS(=O)(=O)N1.CC(C)(C)C1=CCS(=O)N1.CC(C)(C)C1=CS(=O)(=O)CC(=O)N1.CC(C)(C)C1=CS(=O)(=O)CC(=O)N1.CC(C)(C)C1=CS(=O)CC(=O)N1.CC(C)(C)C1NC(=O)CC1=O.CC(C)(C)C1NC(=O)CS1(=O)=O.CC(C)(C)C1NC(=O)CS1=O.CC(C)(C)C1NS(=O)(=O)CC1=O.CC(C)(C)C1NS(=O)CC1=O. The van der Waals surface area contributed by atoms with E-state index in [1.807, 2.05) is 178 Å². The van der Waals surface area contributed by atoms with Crippen LogP contribution < -0.4 is 56.1 Å². The molecule has 11 aliphatic heterocycles. The van der Waals surface area contributed by atoms with Crippen LogP contribution in [0.3, 0.4) is 0 Å². The molecule has 0 aromatic heterocycles. The highest BCUT2D eigenvalue weighted by Gasteiger charge is 2.46. The molecule has 0 saturated carbocycles. The van der Waals surface area contributed by atoms with E-state index in [2.05, 4.69) is 97.6 Å². The lowest BCUT2D eigenvalue weighted by Crippen LogP contribution is -2.40. The topological polar surface area (TPSA) is 542 Å². The molecule has 0 bridgehead atoms. The fraction of sp³-hybridized carbons (Fsp3) is 0.732. The van der Waals surface area contributed by atoms with Crippen LogP contribution in [0, 0.1) is 59.6 Å². The molecule has 44 heteroatoms. The van der Waals surface area contributed by atoms with Crippen LogP contribution in [0.5, 0.6) is 0 Å². The molecule has 0 aromatic carbocycles. The van der Waals surface area contributed by atoms with Gasteiger partial charge in [0.15, 0.2) is 46.9 Å². The number of nitrogens with one attached hydrogen (secondary N) is 11. The number of amides is 7. The third-order valence-corrected chi connectivity index (χ3v) is 30.4. The molecule has 7 amide bonds. The van der Waals surface area contributed by atoms with Crippen molar-refractivity contribution in [2.24, 2.45) is 59.6 Å². The molecule has 0 aromatic rings. The van der Waals surface area contributed by atoms with E-state index in [1.54, 1.807) is 32.3 Å². The normalized spacial score (nSPS) is 25.8. The molecular weight excluding hydrogens is 1810 g/mol. The maximum atomic E-state index is 11.3. The molecule has 11 heterocycles. The van der Waals surface area contributed by atoms with Crippen LogP contribution in [0.15, 0.2) is 68.6 Å². The molecule has 126 heavy (non-hydrogen) atoms. The third-order valence-electron chi connectivity index (χ3n) is 18.4. The molecule has 11 aliphatic rings. The second kappa shape index (κ2) is 44.2. The number of allylic oxidation sites excluding steroid dienone is 6. The first kappa shape index (κ1) is 118. The van der Waals surface area contributed by atoms with Crippen molar-refractivity contribution in [1.82, 2.24) is 56.1 Å². The third kappa shape index (κ3) is 42.7. The summed E-state index contributed by atoms with van der Waals surface area (Å²) in [7, 11) is -20.4. The minimum Gasteiger partial charge on any atom is -0.345 e. The van der Waals surface area contributed by atoms with Gasteiger partial charge in [0.25, 0.3) is 0 Å². The first-order valence-electron chi connectivity index (χ1n) is 40.5. The van der Waals surface area contributed by atoms with Crippen molar-refractivity contribution in [2.75, 3.05) is 51.8 Å². The van der Waals surface area contributed by atoms with E-state index in [9.17, 15) is 107 Å². The molecule has 5 fully saturated rings. The number of ketones is 3. The van der Waals surface area contributed by atoms with Crippen LogP contribution in [-0.2, 0) is 141 Å². The predicted octanol–water partition coefficient (Wildman–Crippen LogP) is 5.83. The van der Waals surface area contributed by atoms with Crippen LogP contribution in [0.25, 0.3) is 0 Å². The van der Waals surface area contributed by atoms with Crippen LogP contribution in [0.4, 0.5) is 0 Å². The molecule has 0 aliphatic carbocycles. The zero-order valence-corrected chi connectivity index (χ0v) is 86.9. The number of carbonyl (C=O) groups excluding carboxylic acids is 10. The second-order valence-electron chi connectivity index (χ2n) is 43.0. The molecule has 9 unspecified atom stereocenters. The van der Waals surface area contributed by atoms with Crippen molar-refractivity contribution >= 4 is 152 Å². The first-order chi connectivity index (χ1) is 55.8. The van der Waals surface area contributed by atoms with Gasteiger partial charge in [-0.2, -0.15) is 0 Å². The zero-order chi connectivity index (χ0) is 99.2. The number of rotatable bonds is 0. The van der Waals surface area contributed by atoms with Gasteiger partial charge in [0, 0.05) is 78.5 Å². The quantitative estimate of drug-likeness (QED) is 0.127. The van der Waals surface area contributed by atoms with E-state index in [1.165, 1.54) is 0 Å². The summed E-state index contributed by atoms with van der Waals surface area (Å²) in [5, 5.41) is 21.5. The second-order valence-corrected chi connectivity index (χ2v) is 57.5. The summed E-state index contributed by atoms with van der Waals surface area (Å²) in [6, 6.07) is -1.07. The number of sulfone groups is 3. The highest BCUT2D eigenvalue weighted by molar-refractivity contribution is 7.95. The zero-order valence-electron chi connectivity index (χ0n) is 79.6. The van der Waals surface area contributed by atoms with Gasteiger partial charge in [-0.3, -0.25) is 61.1 Å². The molecule has 35 nitrogen and oxygen atoms in total. The fourth-order valence-corrected chi connectivity index (χ4v) is 23.7. The molecule has 0 radical (unpaired) electrons. The molecule has 11 rings (SSSR count). The Kier molecular flexibility index (Phi) is 41.3. The van der Waals surface area contributed by atoms with Gasteiger partial charge in [-0.05, 0) is 39.2 Å². The van der Waals surface area contributed by atoms with Crippen molar-refractivity contribution < 1.29 is 107 Å². The number of Topliss-reactive ketones (excluding diaryl/α,β-unsaturated/α-hetero) is 3. The minimum atomic E-state index is -3.34. The summed E-state index contributed by atoms with van der Waals surface area (Å²) in [6.45, 7) is 64.1. The fourth-order valence-electron chi connectivity index (χ4n) is 11.5. The van der Waals surface area contributed by atoms with Gasteiger partial charge >= 0.3 is 0 Å². The Morgan fingerprint density at radius 1 is 0.341 bits per heavy atom. The molecular formula is C82H143N11O24S9. The van der Waals surface area contributed by atoms with Gasteiger partial charge in [0.2, 0.25) is 61.4 Å². The van der Waals surface area contributed by atoms with E-state index in [0.717, 1.165) is 33.6 Å². The van der Waals surface area contributed by atoms with Crippen molar-refractivity contribution in [2.45, 2.75) is 270 Å². The van der Waals surface area contributed by atoms with E-state index in [4.69, 9.17) is 0 Å². The van der Waals surface area contributed by atoms with Gasteiger partial charge in [-0.15, -0.1) is 0 Å². The average Bonchev–Trinajstić information content (AvgIpc) is 1.69. The lowest BCUT2D eigenvalue weighted by Gasteiger charge is -2.25. The molecule has 724 valence electrons. The van der Waals surface area contributed by atoms with Gasteiger partial charge < -0.3 is 41.9 Å². The van der Waals surface area contributed by atoms with Crippen LogP contribution in [-0.4, -0.2) is 198 Å². The Bertz CT molecular complexity index is 4760. The van der Waals surface area contributed by atoms with Crippen molar-refractivity contribution in [3.05, 3.63) is 68.6 Å². The van der Waals surface area contributed by atoms with Gasteiger partial charge in [-0.25, -0.2) is 60.0 Å². The largest absolute Gasteiger partial charge is 0.345 e. The Labute approximate surface area is 759 Å². The monoisotopic (exact) mass is 1950 g/mol. The van der Waals surface area contributed by atoms with Gasteiger partial charge in [0.1, 0.15) is 56.3 Å². The van der Waals surface area contributed by atoms with E-state index < -0.39 is 139 Å². The van der Waals surface area contributed by atoms with E-state index in [-0.39, 0.29) is 154 Å². The highest BCUT2D eigenvalue weighted by atomic mass is 32.2.